The highest BCUT2D eigenvalue weighted by atomic mass is 32.1. The van der Waals surface area contributed by atoms with Crippen LogP contribution in [0, 0.1) is 0 Å². The molecule has 1 atom stereocenters. The van der Waals surface area contributed by atoms with E-state index >= 15 is 0 Å². The first-order valence-electron chi connectivity index (χ1n) is 17.3. The molecule has 2 aromatic heterocycles. The molecule has 3 heterocycles. The van der Waals surface area contributed by atoms with Crippen LogP contribution in [0.2, 0.25) is 0 Å². The third-order valence-corrected chi connectivity index (χ3v) is 12.7. The van der Waals surface area contributed by atoms with Crippen molar-refractivity contribution in [1.82, 2.24) is 0 Å². The van der Waals surface area contributed by atoms with Crippen molar-refractivity contribution in [1.29, 1.82) is 0 Å². The van der Waals surface area contributed by atoms with Crippen LogP contribution >= 0.6 is 22.7 Å². The van der Waals surface area contributed by atoms with Gasteiger partial charge in [-0.2, -0.15) is 0 Å². The first-order chi connectivity index (χ1) is 24.4. The predicted molar refractivity (Wildman–Crippen MR) is 216 cm³/mol. The first kappa shape index (κ1) is 29.7. The Kier molecular flexibility index (Phi) is 6.65. The smallest absolute Gasteiger partial charge is 0.153 e. The van der Waals surface area contributed by atoms with Crippen LogP contribution in [-0.2, 0) is 11.8 Å². The van der Waals surface area contributed by atoms with E-state index in [0.717, 1.165) is 35.0 Å². The summed E-state index contributed by atoms with van der Waals surface area (Å²) in [6, 6.07) is 46.8. The third-order valence-electron chi connectivity index (χ3n) is 10.4. The minimum Gasteiger partial charge on any atom is -0.453 e. The van der Waals surface area contributed by atoms with Crippen molar-refractivity contribution in [3.05, 3.63) is 155 Å². The lowest BCUT2D eigenvalue weighted by Crippen LogP contribution is -2.16. The summed E-state index contributed by atoms with van der Waals surface area (Å²) in [4.78, 5) is 3.86. The Morgan fingerprint density at radius 1 is 0.620 bits per heavy atom. The number of anilines is 3. The topological polar surface area (TPSA) is 12.5 Å². The fourth-order valence-electron chi connectivity index (χ4n) is 7.68. The maximum Gasteiger partial charge on any atom is 0.153 e. The molecule has 10 rings (SSSR count). The number of hydrogen-bond acceptors (Lipinski definition) is 4. The Morgan fingerprint density at radius 2 is 1.28 bits per heavy atom. The SMILES string of the molecule is CC(C)(C)c1ccc(N2c3cc4c5c(sc4cc3Oc3cc4sc6cc(-c7ccccc7)ccc6c4cc32)CC(c2ccccc2)C=C5)cc1. The first-order valence-corrected chi connectivity index (χ1v) is 19.0. The van der Waals surface area contributed by atoms with Gasteiger partial charge < -0.3 is 9.64 Å². The number of hydrogen-bond donors (Lipinski definition) is 0. The van der Waals surface area contributed by atoms with E-state index in [2.05, 4.69) is 165 Å². The predicted octanol–water partition coefficient (Wildman–Crippen LogP) is 14.2. The molecule has 242 valence electrons. The quantitative estimate of drug-likeness (QED) is 0.184. The highest BCUT2D eigenvalue weighted by Crippen LogP contribution is 2.55. The van der Waals surface area contributed by atoms with Crippen molar-refractivity contribution >= 4 is 76.1 Å². The Balaban J connectivity index is 1.13. The second-order valence-electron chi connectivity index (χ2n) is 14.6. The van der Waals surface area contributed by atoms with E-state index in [4.69, 9.17) is 4.74 Å². The summed E-state index contributed by atoms with van der Waals surface area (Å²) in [5.74, 6) is 2.19. The number of rotatable bonds is 3. The highest BCUT2D eigenvalue weighted by Gasteiger charge is 2.30. The zero-order valence-corrected chi connectivity index (χ0v) is 29.9. The van der Waals surface area contributed by atoms with Gasteiger partial charge in [0.1, 0.15) is 0 Å². The molecule has 0 saturated heterocycles. The minimum atomic E-state index is 0.0750. The summed E-state index contributed by atoms with van der Waals surface area (Å²) in [5.41, 5.74) is 9.89. The number of fused-ring (bicyclic) bond motifs is 8. The molecule has 1 unspecified atom stereocenters. The molecule has 1 aliphatic heterocycles. The van der Waals surface area contributed by atoms with Crippen molar-refractivity contribution in [2.45, 2.75) is 38.5 Å². The Labute approximate surface area is 300 Å². The minimum absolute atomic E-state index is 0.0750. The molecule has 0 spiro atoms. The van der Waals surface area contributed by atoms with Crippen LogP contribution in [0.5, 0.6) is 11.5 Å². The fraction of sp³-hybridized carbons (Fsp3) is 0.130. The van der Waals surface area contributed by atoms with Gasteiger partial charge in [-0.3, -0.25) is 0 Å². The Bertz CT molecular complexity index is 2620. The largest absolute Gasteiger partial charge is 0.453 e. The molecule has 0 saturated carbocycles. The number of benzene rings is 6. The summed E-state index contributed by atoms with van der Waals surface area (Å²) < 4.78 is 10.7. The van der Waals surface area contributed by atoms with Gasteiger partial charge in [0, 0.05) is 58.9 Å². The van der Waals surface area contributed by atoms with E-state index in [1.54, 1.807) is 0 Å². The van der Waals surface area contributed by atoms with Crippen molar-refractivity contribution in [3.63, 3.8) is 0 Å². The average Bonchev–Trinajstić information content (AvgIpc) is 3.68. The van der Waals surface area contributed by atoms with Gasteiger partial charge in [0.2, 0.25) is 0 Å². The van der Waals surface area contributed by atoms with Gasteiger partial charge >= 0.3 is 0 Å². The van der Waals surface area contributed by atoms with E-state index in [9.17, 15) is 0 Å². The Morgan fingerprint density at radius 3 is 2.00 bits per heavy atom. The van der Waals surface area contributed by atoms with Gasteiger partial charge in [-0.05, 0) is 70.0 Å². The molecule has 2 nitrogen and oxygen atoms in total. The average molecular weight is 682 g/mol. The Hall–Kier alpha value is -5.16. The molecule has 0 radical (unpaired) electrons. The number of ether oxygens (including phenoxy) is 1. The molecule has 1 aliphatic carbocycles. The lowest BCUT2D eigenvalue weighted by atomic mass is 9.87. The molecule has 8 aromatic rings. The molecule has 0 amide bonds. The number of nitrogens with zero attached hydrogens (tertiary/aromatic N) is 1. The number of allylic oxidation sites excluding steroid dienone is 1. The summed E-state index contributed by atoms with van der Waals surface area (Å²) in [7, 11) is 0. The molecule has 0 bridgehead atoms. The molecular weight excluding hydrogens is 647 g/mol. The molecular formula is C46H35NOS2. The van der Waals surface area contributed by atoms with Crippen molar-refractivity contribution in [3.8, 4) is 22.6 Å². The normalized spacial score (nSPS) is 15.3. The van der Waals surface area contributed by atoms with Gasteiger partial charge in [0.15, 0.2) is 11.5 Å². The van der Waals surface area contributed by atoms with E-state index in [1.807, 2.05) is 22.7 Å². The standard InChI is InChI=1S/C46H35NOS2/c1-46(2,3)32-16-18-33(19-17-32)47-38-24-36-34-20-14-30(28-10-6-4-7-11-28)22-42(34)49-44(36)26-40(38)48-41-27-45-37(25-39(41)47)35-21-15-31(23-43(35)50-45)29-12-8-5-9-13-29/h4-22,24-27,31H,23H2,1-3H3. The summed E-state index contributed by atoms with van der Waals surface area (Å²) in [6.45, 7) is 6.82. The molecule has 0 N–H and O–H groups in total. The van der Waals surface area contributed by atoms with Gasteiger partial charge in [0.25, 0.3) is 0 Å². The van der Waals surface area contributed by atoms with Crippen LogP contribution < -0.4 is 9.64 Å². The van der Waals surface area contributed by atoms with Crippen molar-refractivity contribution in [2.24, 2.45) is 0 Å². The fourth-order valence-corrected chi connectivity index (χ4v) is 10.1. The monoisotopic (exact) mass is 681 g/mol. The lowest BCUT2D eigenvalue weighted by Gasteiger charge is -2.33. The van der Waals surface area contributed by atoms with Crippen LogP contribution in [0.1, 0.15) is 48.3 Å². The molecule has 6 aromatic carbocycles. The molecule has 4 heteroatoms. The lowest BCUT2D eigenvalue weighted by molar-refractivity contribution is 0.478. The zero-order valence-electron chi connectivity index (χ0n) is 28.2. The second kappa shape index (κ2) is 11.2. The van der Waals surface area contributed by atoms with Crippen molar-refractivity contribution in [2.75, 3.05) is 4.90 Å². The summed E-state index contributed by atoms with van der Waals surface area (Å²) in [5, 5.41) is 3.84. The summed E-state index contributed by atoms with van der Waals surface area (Å²) in [6.07, 6.45) is 5.76. The van der Waals surface area contributed by atoms with Gasteiger partial charge in [0.05, 0.1) is 11.4 Å². The van der Waals surface area contributed by atoms with Crippen LogP contribution in [0.25, 0.3) is 47.5 Å². The maximum atomic E-state index is 6.89. The van der Waals surface area contributed by atoms with Gasteiger partial charge in [-0.25, -0.2) is 0 Å². The maximum absolute atomic E-state index is 6.89. The van der Waals surface area contributed by atoms with E-state index in [0.29, 0.717) is 5.92 Å². The van der Waals surface area contributed by atoms with E-state index in [1.165, 1.54) is 63.0 Å². The van der Waals surface area contributed by atoms with Crippen LogP contribution in [0.15, 0.2) is 133 Å². The highest BCUT2D eigenvalue weighted by molar-refractivity contribution is 7.25. The molecule has 0 fully saturated rings. The van der Waals surface area contributed by atoms with Crippen molar-refractivity contribution < 1.29 is 4.74 Å². The van der Waals surface area contributed by atoms with Crippen LogP contribution in [0.3, 0.4) is 0 Å². The number of thiophene rings is 2. The van der Waals surface area contributed by atoms with E-state index < -0.39 is 0 Å². The van der Waals surface area contributed by atoms with E-state index in [-0.39, 0.29) is 5.41 Å². The molecule has 50 heavy (non-hydrogen) atoms. The summed E-state index contributed by atoms with van der Waals surface area (Å²) >= 11 is 3.75. The molecule has 2 aliphatic rings. The zero-order chi connectivity index (χ0) is 33.6. The second-order valence-corrected chi connectivity index (χ2v) is 16.8. The van der Waals surface area contributed by atoms with Crippen LogP contribution in [0.4, 0.5) is 17.1 Å². The third kappa shape index (κ3) is 4.81. The van der Waals surface area contributed by atoms with Crippen LogP contribution in [-0.4, -0.2) is 0 Å². The van der Waals surface area contributed by atoms with Gasteiger partial charge in [-0.1, -0.05) is 118 Å². The van der Waals surface area contributed by atoms with Gasteiger partial charge in [-0.15, -0.1) is 22.7 Å².